The third kappa shape index (κ3) is 2.94. The van der Waals surface area contributed by atoms with Gasteiger partial charge in [-0.05, 0) is 18.8 Å². The molecular formula is C13H15N3O4S. The minimum atomic E-state index is -1.08. The molecule has 0 bridgehead atoms. The van der Waals surface area contributed by atoms with Crippen molar-refractivity contribution in [1.82, 2.24) is 14.5 Å². The first-order valence-electron chi connectivity index (χ1n) is 6.80. The highest BCUT2D eigenvalue weighted by Gasteiger charge is 2.30. The molecule has 1 aromatic heterocycles. The second kappa shape index (κ2) is 5.51. The first kappa shape index (κ1) is 14.1. The molecule has 1 fully saturated rings. The van der Waals surface area contributed by atoms with Gasteiger partial charge in [-0.1, -0.05) is 11.8 Å². The molecule has 0 saturated heterocycles. The zero-order chi connectivity index (χ0) is 15.0. The molecule has 112 valence electrons. The lowest BCUT2D eigenvalue weighted by Crippen LogP contribution is -2.41. The maximum Gasteiger partial charge on any atom is 0.323 e. The van der Waals surface area contributed by atoms with Crippen LogP contribution in [0.15, 0.2) is 16.1 Å². The van der Waals surface area contributed by atoms with E-state index in [1.807, 2.05) is 0 Å². The third-order valence-electron chi connectivity index (χ3n) is 3.58. The van der Waals surface area contributed by atoms with Crippen LogP contribution in [0.3, 0.4) is 0 Å². The minimum Gasteiger partial charge on any atom is -0.480 e. The zero-order valence-electron chi connectivity index (χ0n) is 11.3. The number of thioether (sulfide) groups is 1. The van der Waals surface area contributed by atoms with E-state index in [9.17, 15) is 14.4 Å². The summed E-state index contributed by atoms with van der Waals surface area (Å²) < 4.78 is 1.48. The van der Waals surface area contributed by atoms with E-state index < -0.39 is 11.9 Å². The summed E-state index contributed by atoms with van der Waals surface area (Å²) in [4.78, 5) is 41.1. The maximum atomic E-state index is 12.5. The summed E-state index contributed by atoms with van der Waals surface area (Å²) >= 11 is 1.47. The van der Waals surface area contributed by atoms with Gasteiger partial charge in [0, 0.05) is 25.0 Å². The summed E-state index contributed by atoms with van der Waals surface area (Å²) in [5, 5.41) is 9.56. The van der Waals surface area contributed by atoms with Crippen LogP contribution in [-0.4, -0.2) is 50.3 Å². The van der Waals surface area contributed by atoms with E-state index in [4.69, 9.17) is 5.11 Å². The Morgan fingerprint density at radius 1 is 1.48 bits per heavy atom. The van der Waals surface area contributed by atoms with Crippen LogP contribution in [0.4, 0.5) is 0 Å². The molecule has 1 aliphatic carbocycles. The van der Waals surface area contributed by atoms with Gasteiger partial charge in [0.25, 0.3) is 11.5 Å². The SMILES string of the molecule is O=C(O)CN(CC1CC1)C(=O)c1cnc2n(c1=O)CCS2. The Bertz CT molecular complexity index is 653. The van der Waals surface area contributed by atoms with Gasteiger partial charge in [-0.2, -0.15) is 0 Å². The number of carbonyl (C=O) groups is 2. The van der Waals surface area contributed by atoms with E-state index in [1.165, 1.54) is 27.4 Å². The Balaban J connectivity index is 1.88. The van der Waals surface area contributed by atoms with Gasteiger partial charge in [0.15, 0.2) is 5.16 Å². The monoisotopic (exact) mass is 309 g/mol. The number of aliphatic carboxylic acids is 1. The average Bonchev–Trinajstić information content (AvgIpc) is 3.11. The molecule has 0 unspecified atom stereocenters. The number of fused-ring (bicyclic) bond motifs is 1. The molecular weight excluding hydrogens is 294 g/mol. The Kier molecular flexibility index (Phi) is 3.71. The molecule has 7 nitrogen and oxygen atoms in total. The first-order chi connectivity index (χ1) is 10.1. The normalized spacial score (nSPS) is 16.6. The van der Waals surface area contributed by atoms with Crippen LogP contribution >= 0.6 is 11.8 Å². The van der Waals surface area contributed by atoms with Gasteiger partial charge in [0.05, 0.1) is 0 Å². The van der Waals surface area contributed by atoms with Gasteiger partial charge >= 0.3 is 5.97 Å². The summed E-state index contributed by atoms with van der Waals surface area (Å²) in [6.07, 6.45) is 3.28. The summed E-state index contributed by atoms with van der Waals surface area (Å²) in [6.45, 7) is 0.543. The molecule has 1 aliphatic heterocycles. The molecule has 21 heavy (non-hydrogen) atoms. The van der Waals surface area contributed by atoms with E-state index in [2.05, 4.69) is 4.98 Å². The Morgan fingerprint density at radius 3 is 2.90 bits per heavy atom. The molecule has 1 aromatic rings. The van der Waals surface area contributed by atoms with E-state index in [0.717, 1.165) is 18.6 Å². The van der Waals surface area contributed by atoms with Gasteiger partial charge in [0.2, 0.25) is 0 Å². The Morgan fingerprint density at radius 2 is 2.24 bits per heavy atom. The standard InChI is InChI=1S/C13H15N3O4S/c17-10(18)7-15(6-8-1-2-8)11(19)9-5-14-13-16(12(9)20)3-4-21-13/h5,8H,1-4,6-7H2,(H,17,18). The van der Waals surface area contributed by atoms with Crippen LogP contribution in [0.5, 0.6) is 0 Å². The predicted octanol–water partition coefficient (Wildman–Crippen LogP) is 0.286. The van der Waals surface area contributed by atoms with Crippen molar-refractivity contribution in [2.75, 3.05) is 18.8 Å². The van der Waals surface area contributed by atoms with Crippen LogP contribution in [0.25, 0.3) is 0 Å². The summed E-state index contributed by atoms with van der Waals surface area (Å²) in [5.74, 6) is -0.488. The quantitative estimate of drug-likeness (QED) is 0.786. The molecule has 3 rings (SSSR count). The number of carboxylic acid groups (broad SMARTS) is 1. The molecule has 2 aliphatic rings. The van der Waals surface area contributed by atoms with Crippen LogP contribution < -0.4 is 5.56 Å². The summed E-state index contributed by atoms with van der Waals surface area (Å²) in [7, 11) is 0. The third-order valence-corrected chi connectivity index (χ3v) is 4.55. The molecule has 0 aromatic carbocycles. The van der Waals surface area contributed by atoms with Crippen molar-refractivity contribution in [3.63, 3.8) is 0 Å². The highest BCUT2D eigenvalue weighted by atomic mass is 32.2. The largest absolute Gasteiger partial charge is 0.480 e. The number of aromatic nitrogens is 2. The smallest absolute Gasteiger partial charge is 0.323 e. The summed E-state index contributed by atoms with van der Waals surface area (Å²) in [5.41, 5.74) is -0.413. The fraction of sp³-hybridized carbons (Fsp3) is 0.538. The lowest BCUT2D eigenvalue weighted by molar-refractivity contribution is -0.137. The van der Waals surface area contributed by atoms with Gasteiger partial charge < -0.3 is 10.0 Å². The van der Waals surface area contributed by atoms with Crippen LogP contribution in [0, 0.1) is 5.92 Å². The van der Waals surface area contributed by atoms with Gasteiger partial charge in [0.1, 0.15) is 12.1 Å². The Hall–Kier alpha value is -1.83. The predicted molar refractivity (Wildman–Crippen MR) is 75.5 cm³/mol. The zero-order valence-corrected chi connectivity index (χ0v) is 12.1. The van der Waals surface area contributed by atoms with E-state index >= 15 is 0 Å². The number of hydrogen-bond acceptors (Lipinski definition) is 5. The number of carbonyl (C=O) groups excluding carboxylic acids is 1. The number of nitrogens with zero attached hydrogens (tertiary/aromatic N) is 3. The van der Waals surface area contributed by atoms with Gasteiger partial charge in [-0.15, -0.1) is 0 Å². The summed E-state index contributed by atoms with van der Waals surface area (Å²) in [6, 6.07) is 0. The molecule has 1 amide bonds. The van der Waals surface area contributed by atoms with E-state index in [-0.39, 0.29) is 17.7 Å². The minimum absolute atomic E-state index is 0.0387. The van der Waals surface area contributed by atoms with Gasteiger partial charge in [-0.3, -0.25) is 19.0 Å². The van der Waals surface area contributed by atoms with E-state index in [1.54, 1.807) is 0 Å². The lowest BCUT2D eigenvalue weighted by Gasteiger charge is -2.20. The number of rotatable bonds is 5. The first-order valence-corrected chi connectivity index (χ1v) is 7.78. The molecule has 8 heteroatoms. The average molecular weight is 309 g/mol. The van der Waals surface area contributed by atoms with Crippen LogP contribution in [0.2, 0.25) is 0 Å². The topological polar surface area (TPSA) is 92.5 Å². The molecule has 0 atom stereocenters. The maximum absolute atomic E-state index is 12.5. The molecule has 1 N–H and O–H groups in total. The fourth-order valence-corrected chi connectivity index (χ4v) is 3.24. The van der Waals surface area contributed by atoms with Crippen molar-refractivity contribution >= 4 is 23.6 Å². The van der Waals surface area contributed by atoms with Crippen molar-refractivity contribution < 1.29 is 14.7 Å². The molecule has 0 spiro atoms. The van der Waals surface area contributed by atoms with Crippen molar-refractivity contribution in [3.8, 4) is 0 Å². The van der Waals surface area contributed by atoms with Crippen molar-refractivity contribution in [3.05, 3.63) is 22.1 Å². The molecule has 2 heterocycles. The van der Waals surface area contributed by atoms with Crippen LogP contribution in [-0.2, 0) is 11.3 Å². The highest BCUT2D eigenvalue weighted by molar-refractivity contribution is 7.99. The van der Waals surface area contributed by atoms with Gasteiger partial charge in [-0.25, -0.2) is 4.98 Å². The second-order valence-electron chi connectivity index (χ2n) is 5.28. The molecule has 1 saturated carbocycles. The van der Waals surface area contributed by atoms with Crippen molar-refractivity contribution in [2.24, 2.45) is 5.92 Å². The fourth-order valence-electron chi connectivity index (χ4n) is 2.33. The lowest BCUT2D eigenvalue weighted by atomic mass is 10.2. The van der Waals surface area contributed by atoms with Crippen molar-refractivity contribution in [1.29, 1.82) is 0 Å². The number of carboxylic acids is 1. The molecule has 0 radical (unpaired) electrons. The van der Waals surface area contributed by atoms with Crippen LogP contribution in [0.1, 0.15) is 23.2 Å². The second-order valence-corrected chi connectivity index (χ2v) is 6.34. The van der Waals surface area contributed by atoms with E-state index in [0.29, 0.717) is 24.2 Å². The van der Waals surface area contributed by atoms with Crippen molar-refractivity contribution in [2.45, 2.75) is 24.5 Å². The Labute approximate surface area is 125 Å². The highest BCUT2D eigenvalue weighted by Crippen LogP contribution is 2.30. The number of hydrogen-bond donors (Lipinski definition) is 1. The number of amides is 1.